The van der Waals surface area contributed by atoms with Gasteiger partial charge in [-0.3, -0.25) is 9.59 Å². The van der Waals surface area contributed by atoms with Crippen LogP contribution >= 0.6 is 11.3 Å². The largest absolute Gasteiger partial charge is 0.378 e. The van der Waals surface area contributed by atoms with Crippen molar-refractivity contribution in [2.75, 3.05) is 30.0 Å². The number of nitrogens with one attached hydrogen (secondary N) is 3. The molecule has 5 rings (SSSR count). The van der Waals surface area contributed by atoms with Crippen LogP contribution in [0.15, 0.2) is 66.7 Å². The molecular formula is C28H28N6O3S2. The monoisotopic (exact) mass is 560 g/mol. The zero-order chi connectivity index (χ0) is 27.5. The Kier molecular flexibility index (Phi) is 7.73. The van der Waals surface area contributed by atoms with E-state index >= 15 is 0 Å². The number of aromatic amines is 1. The highest BCUT2D eigenvalue weighted by Crippen LogP contribution is 2.37. The first kappa shape index (κ1) is 26.5. The van der Waals surface area contributed by atoms with E-state index in [0.717, 1.165) is 44.9 Å². The number of benzene rings is 2. The number of hydrogen-bond donors (Lipinski definition) is 4. The van der Waals surface area contributed by atoms with Crippen molar-refractivity contribution in [3.05, 3.63) is 83.0 Å². The quantitative estimate of drug-likeness (QED) is 0.224. The van der Waals surface area contributed by atoms with Crippen molar-refractivity contribution in [2.45, 2.75) is 13.0 Å². The topological polar surface area (TPSA) is 133 Å². The maximum Gasteiger partial charge on any atom is 0.250 e. The number of anilines is 2. The van der Waals surface area contributed by atoms with Crippen LogP contribution < -0.4 is 16.4 Å². The van der Waals surface area contributed by atoms with E-state index in [1.165, 1.54) is 6.08 Å². The van der Waals surface area contributed by atoms with Crippen molar-refractivity contribution >= 4 is 62.0 Å². The highest BCUT2D eigenvalue weighted by molar-refractivity contribution is 7.81. The molecule has 3 heterocycles. The lowest BCUT2D eigenvalue weighted by Gasteiger charge is -2.23. The van der Waals surface area contributed by atoms with Gasteiger partial charge in [-0.05, 0) is 59.5 Å². The summed E-state index contributed by atoms with van der Waals surface area (Å²) in [6, 6.07) is 11.4. The normalized spacial score (nSPS) is 14.5. The molecule has 0 aliphatic carbocycles. The van der Waals surface area contributed by atoms with E-state index in [1.54, 1.807) is 29.9 Å². The molecular weight excluding hydrogens is 532 g/mol. The van der Waals surface area contributed by atoms with Gasteiger partial charge in [0.15, 0.2) is 0 Å². The molecule has 0 saturated carbocycles. The summed E-state index contributed by atoms with van der Waals surface area (Å²) in [6.07, 6.45) is 7.45. The Labute approximate surface area is 232 Å². The molecule has 2 aromatic carbocycles. The van der Waals surface area contributed by atoms with Gasteiger partial charge in [-0.2, -0.15) is 0 Å². The molecule has 0 saturated heterocycles. The molecule has 0 bridgehead atoms. The van der Waals surface area contributed by atoms with Crippen LogP contribution in [0.25, 0.3) is 27.6 Å². The zero-order valence-electron chi connectivity index (χ0n) is 21.3. The van der Waals surface area contributed by atoms with Gasteiger partial charge >= 0.3 is 0 Å². The van der Waals surface area contributed by atoms with E-state index < -0.39 is 16.9 Å². The van der Waals surface area contributed by atoms with E-state index in [4.69, 9.17) is 5.73 Å². The second-order valence-electron chi connectivity index (χ2n) is 9.06. The lowest BCUT2D eigenvalue weighted by atomic mass is 9.97. The van der Waals surface area contributed by atoms with Crippen molar-refractivity contribution < 1.29 is 13.8 Å². The van der Waals surface area contributed by atoms with Crippen LogP contribution in [0.5, 0.6) is 0 Å². The average Bonchev–Trinajstić information content (AvgIpc) is 3.61. The number of thiazole rings is 1. The Balaban J connectivity index is 1.59. The third-order valence-corrected chi connectivity index (χ3v) is 8.40. The number of nitrogens with zero attached hydrogens (tertiary/aromatic N) is 2. The SMILES string of the molecule is C=CC(=O)Nc1cc(NCc2nccs2)cc(-c2ccc(C(N)=O)c3[nH]c(C4=CCN(S(C)=O)CC4)cc23)c1. The lowest BCUT2D eigenvalue weighted by molar-refractivity contribution is -0.111. The third-order valence-electron chi connectivity index (χ3n) is 6.56. The van der Waals surface area contributed by atoms with Gasteiger partial charge < -0.3 is 21.4 Å². The van der Waals surface area contributed by atoms with Gasteiger partial charge in [0.25, 0.3) is 5.91 Å². The molecule has 1 aliphatic heterocycles. The van der Waals surface area contributed by atoms with Crippen LogP contribution in [0.4, 0.5) is 11.4 Å². The van der Waals surface area contributed by atoms with Gasteiger partial charge in [0, 0.05) is 53.4 Å². The fourth-order valence-electron chi connectivity index (χ4n) is 4.65. The van der Waals surface area contributed by atoms with E-state index in [2.05, 4.69) is 33.3 Å². The molecule has 5 N–H and O–H groups in total. The second kappa shape index (κ2) is 11.4. The summed E-state index contributed by atoms with van der Waals surface area (Å²) >= 11 is 1.56. The number of amides is 2. The highest BCUT2D eigenvalue weighted by atomic mass is 32.2. The number of hydrogen-bond acceptors (Lipinski definition) is 6. The molecule has 0 radical (unpaired) electrons. The molecule has 39 heavy (non-hydrogen) atoms. The van der Waals surface area contributed by atoms with Gasteiger partial charge in [-0.25, -0.2) is 13.5 Å². The first-order chi connectivity index (χ1) is 18.8. The summed E-state index contributed by atoms with van der Waals surface area (Å²) in [5.74, 6) is -0.842. The molecule has 9 nitrogen and oxygen atoms in total. The Bertz CT molecular complexity index is 1620. The Morgan fingerprint density at radius 2 is 2.08 bits per heavy atom. The Morgan fingerprint density at radius 1 is 1.26 bits per heavy atom. The van der Waals surface area contributed by atoms with Crippen molar-refractivity contribution in [1.29, 1.82) is 0 Å². The number of fused-ring (bicyclic) bond motifs is 1. The van der Waals surface area contributed by atoms with E-state index in [-0.39, 0.29) is 5.91 Å². The summed E-state index contributed by atoms with van der Waals surface area (Å²) in [5, 5.41) is 9.93. The van der Waals surface area contributed by atoms with Crippen LogP contribution in [-0.4, -0.2) is 49.6 Å². The summed E-state index contributed by atoms with van der Waals surface area (Å²) < 4.78 is 13.8. The van der Waals surface area contributed by atoms with Crippen LogP contribution in [0.1, 0.15) is 27.5 Å². The van der Waals surface area contributed by atoms with Gasteiger partial charge in [0.05, 0.1) is 28.6 Å². The minimum Gasteiger partial charge on any atom is -0.378 e. The standard InChI is InChI=1S/C28H28N6O3S2/c1-3-25(35)32-20-13-18(12-19(14-20)31-16-26-30-8-11-38-26)21-4-5-22(28(29)36)27-23(21)15-24(33-27)17-6-9-34(10-7-17)39(2)37/h3-6,8,11-15,31,33H,1,7,9-10,16H2,2H3,(H2,29,36)(H,32,35). The summed E-state index contributed by atoms with van der Waals surface area (Å²) in [7, 11) is -1.03. The molecule has 2 aromatic heterocycles. The van der Waals surface area contributed by atoms with Crippen molar-refractivity contribution in [3.8, 4) is 11.1 Å². The Hall–Kier alpha value is -4.06. The molecule has 200 valence electrons. The molecule has 1 unspecified atom stereocenters. The van der Waals surface area contributed by atoms with Crippen molar-refractivity contribution in [2.24, 2.45) is 5.73 Å². The average molecular weight is 561 g/mol. The number of carbonyl (C=O) groups excluding carboxylic acids is 2. The minimum absolute atomic E-state index is 0.317. The lowest BCUT2D eigenvalue weighted by Crippen LogP contribution is -2.29. The number of H-pyrrole nitrogens is 1. The first-order valence-corrected chi connectivity index (χ1v) is 14.7. The van der Waals surface area contributed by atoms with Crippen LogP contribution in [0.3, 0.4) is 0 Å². The maximum atomic E-state index is 12.3. The smallest absolute Gasteiger partial charge is 0.250 e. The predicted molar refractivity (Wildman–Crippen MR) is 159 cm³/mol. The fraction of sp³-hybridized carbons (Fsp3) is 0.179. The molecule has 4 aromatic rings. The molecule has 0 spiro atoms. The molecule has 0 fully saturated rings. The van der Waals surface area contributed by atoms with Crippen LogP contribution in [0, 0.1) is 0 Å². The third kappa shape index (κ3) is 5.85. The first-order valence-electron chi connectivity index (χ1n) is 12.3. The van der Waals surface area contributed by atoms with Crippen molar-refractivity contribution in [3.63, 3.8) is 0 Å². The number of carbonyl (C=O) groups is 2. The van der Waals surface area contributed by atoms with Gasteiger partial charge in [-0.1, -0.05) is 18.7 Å². The Morgan fingerprint density at radius 3 is 2.74 bits per heavy atom. The van der Waals surface area contributed by atoms with E-state index in [9.17, 15) is 13.8 Å². The van der Waals surface area contributed by atoms with Crippen molar-refractivity contribution in [1.82, 2.24) is 14.3 Å². The summed E-state index contributed by atoms with van der Waals surface area (Å²) in [4.78, 5) is 32.2. The highest BCUT2D eigenvalue weighted by Gasteiger charge is 2.20. The number of rotatable bonds is 9. The zero-order valence-corrected chi connectivity index (χ0v) is 23.0. The molecule has 1 atom stereocenters. The van der Waals surface area contributed by atoms with Crippen LogP contribution in [-0.2, 0) is 22.3 Å². The number of primary amides is 1. The summed E-state index contributed by atoms with van der Waals surface area (Å²) in [6.45, 7) is 5.35. The predicted octanol–water partition coefficient (Wildman–Crippen LogP) is 4.51. The molecule has 11 heteroatoms. The number of aromatic nitrogens is 2. The van der Waals surface area contributed by atoms with E-state index in [0.29, 0.717) is 36.4 Å². The number of nitrogens with two attached hydrogens (primary N) is 1. The molecule has 2 amide bonds. The minimum atomic E-state index is -1.03. The van der Waals surface area contributed by atoms with Gasteiger partial charge in [-0.15, -0.1) is 11.3 Å². The second-order valence-corrected chi connectivity index (χ2v) is 11.4. The summed E-state index contributed by atoms with van der Waals surface area (Å²) in [5.41, 5.74) is 11.9. The van der Waals surface area contributed by atoms with E-state index in [1.807, 2.05) is 40.0 Å². The maximum absolute atomic E-state index is 12.3. The van der Waals surface area contributed by atoms with Gasteiger partial charge in [0.1, 0.15) is 5.01 Å². The fourth-order valence-corrected chi connectivity index (χ4v) is 5.84. The van der Waals surface area contributed by atoms with Gasteiger partial charge in [0.2, 0.25) is 5.91 Å². The molecule has 1 aliphatic rings. The van der Waals surface area contributed by atoms with Crippen LogP contribution in [0.2, 0.25) is 0 Å².